The summed E-state index contributed by atoms with van der Waals surface area (Å²) in [5.41, 5.74) is 3.05. The molecule has 0 atom stereocenters. The molecule has 1 N–H and O–H groups in total. The first-order chi connectivity index (χ1) is 11.3. The smallest absolute Gasteiger partial charge is 0.238 e. The van der Waals surface area contributed by atoms with Crippen LogP contribution in [0.5, 0.6) is 5.88 Å². The summed E-state index contributed by atoms with van der Waals surface area (Å²) in [5, 5.41) is 1.18. The van der Waals surface area contributed by atoms with Gasteiger partial charge in [-0.3, -0.25) is 4.79 Å². The fourth-order valence-corrected chi connectivity index (χ4v) is 3.03. The Morgan fingerprint density at radius 3 is 3.13 bits per heavy atom. The third-order valence-corrected chi connectivity index (χ3v) is 4.18. The van der Waals surface area contributed by atoms with E-state index in [9.17, 15) is 4.79 Å². The molecule has 0 unspecified atom stereocenters. The van der Waals surface area contributed by atoms with Crippen molar-refractivity contribution in [3.8, 4) is 5.88 Å². The van der Waals surface area contributed by atoms with E-state index in [0.717, 1.165) is 17.6 Å². The first-order valence-corrected chi connectivity index (χ1v) is 7.76. The molecule has 1 aliphatic heterocycles. The second-order valence-electron chi connectivity index (χ2n) is 5.58. The van der Waals surface area contributed by atoms with Crippen molar-refractivity contribution < 1.29 is 9.53 Å². The number of benzene rings is 1. The molecule has 1 aromatic carbocycles. The van der Waals surface area contributed by atoms with Crippen LogP contribution >= 0.6 is 0 Å². The van der Waals surface area contributed by atoms with E-state index in [1.807, 2.05) is 36.5 Å². The summed E-state index contributed by atoms with van der Waals surface area (Å²) in [4.78, 5) is 21.8. The second kappa shape index (κ2) is 5.76. The molecule has 0 saturated carbocycles. The number of nitrogens with one attached hydrogen (secondary N) is 1. The zero-order valence-electron chi connectivity index (χ0n) is 12.7. The lowest BCUT2D eigenvalue weighted by atomic mass is 10.1. The summed E-state index contributed by atoms with van der Waals surface area (Å²) in [7, 11) is 0. The van der Waals surface area contributed by atoms with E-state index in [1.165, 1.54) is 10.9 Å². The highest BCUT2D eigenvalue weighted by Crippen LogP contribution is 2.29. The number of hydrogen-bond acceptors (Lipinski definition) is 3. The van der Waals surface area contributed by atoms with Gasteiger partial charge < -0.3 is 14.6 Å². The maximum atomic E-state index is 12.6. The number of H-pyrrole nitrogens is 1. The largest absolute Gasteiger partial charge is 0.474 e. The number of ether oxygens (including phenoxy) is 1. The van der Waals surface area contributed by atoms with E-state index in [2.05, 4.69) is 16.0 Å². The third-order valence-electron chi connectivity index (χ3n) is 4.18. The van der Waals surface area contributed by atoms with E-state index in [0.29, 0.717) is 25.5 Å². The number of amides is 1. The molecule has 1 aliphatic rings. The number of aromatic nitrogens is 2. The van der Waals surface area contributed by atoms with Gasteiger partial charge in [-0.25, -0.2) is 4.98 Å². The van der Waals surface area contributed by atoms with Gasteiger partial charge in [0, 0.05) is 29.7 Å². The van der Waals surface area contributed by atoms with Gasteiger partial charge in [0.05, 0.1) is 6.54 Å². The van der Waals surface area contributed by atoms with Crippen LogP contribution in [0.2, 0.25) is 0 Å². The molecule has 0 bridgehead atoms. The molecule has 5 heteroatoms. The van der Waals surface area contributed by atoms with Crippen LogP contribution in [0.15, 0.2) is 48.8 Å². The average molecular weight is 307 g/mol. The van der Waals surface area contributed by atoms with Crippen LogP contribution in [0.1, 0.15) is 12.0 Å². The number of anilines is 1. The molecule has 5 nitrogen and oxygen atoms in total. The number of carbonyl (C=O) groups excluding carboxylic acids is 1. The SMILES string of the molecule is O=C(CCc1c[nH]c2ccccc12)N1CCOc2ncccc21. The normalized spacial score (nSPS) is 13.7. The summed E-state index contributed by atoms with van der Waals surface area (Å²) in [6, 6.07) is 11.9. The van der Waals surface area contributed by atoms with Crippen molar-refractivity contribution in [2.24, 2.45) is 0 Å². The van der Waals surface area contributed by atoms with Gasteiger partial charge in [0.15, 0.2) is 0 Å². The molecule has 23 heavy (non-hydrogen) atoms. The number of pyridine rings is 1. The van der Waals surface area contributed by atoms with Crippen molar-refractivity contribution in [2.45, 2.75) is 12.8 Å². The number of rotatable bonds is 3. The van der Waals surface area contributed by atoms with Crippen molar-refractivity contribution in [1.29, 1.82) is 0 Å². The molecular formula is C18H17N3O2. The van der Waals surface area contributed by atoms with Crippen molar-refractivity contribution in [3.05, 3.63) is 54.4 Å². The predicted molar refractivity (Wildman–Crippen MR) is 88.7 cm³/mol. The van der Waals surface area contributed by atoms with Gasteiger partial charge in [-0.1, -0.05) is 18.2 Å². The van der Waals surface area contributed by atoms with Crippen LogP contribution in [0.3, 0.4) is 0 Å². The van der Waals surface area contributed by atoms with Crippen molar-refractivity contribution in [3.63, 3.8) is 0 Å². The molecule has 0 saturated heterocycles. The van der Waals surface area contributed by atoms with Gasteiger partial charge >= 0.3 is 0 Å². The lowest BCUT2D eigenvalue weighted by Crippen LogP contribution is -2.38. The lowest BCUT2D eigenvalue weighted by molar-refractivity contribution is -0.118. The van der Waals surface area contributed by atoms with Crippen LogP contribution in [0, 0.1) is 0 Å². The lowest BCUT2D eigenvalue weighted by Gasteiger charge is -2.28. The van der Waals surface area contributed by atoms with E-state index in [4.69, 9.17) is 4.74 Å². The molecule has 0 spiro atoms. The topological polar surface area (TPSA) is 58.2 Å². The van der Waals surface area contributed by atoms with Crippen LogP contribution in [0.25, 0.3) is 10.9 Å². The Bertz CT molecular complexity index is 856. The van der Waals surface area contributed by atoms with Crippen LogP contribution in [-0.4, -0.2) is 29.0 Å². The highest BCUT2D eigenvalue weighted by molar-refractivity contribution is 5.95. The highest BCUT2D eigenvalue weighted by atomic mass is 16.5. The van der Waals surface area contributed by atoms with Gasteiger partial charge in [-0.2, -0.15) is 0 Å². The van der Waals surface area contributed by atoms with Gasteiger partial charge in [-0.05, 0) is 30.2 Å². The standard InChI is InChI=1S/C18H17N3O2/c22-17(21-10-11-23-18-16(21)6-3-9-19-18)8-7-13-12-20-15-5-2-1-4-14(13)15/h1-6,9,12,20H,7-8,10-11H2. The Morgan fingerprint density at radius 1 is 1.26 bits per heavy atom. The number of aryl methyl sites for hydroxylation is 1. The highest BCUT2D eigenvalue weighted by Gasteiger charge is 2.24. The minimum Gasteiger partial charge on any atom is -0.474 e. The Kier molecular flexibility index (Phi) is 3.46. The molecule has 0 aliphatic carbocycles. The minimum absolute atomic E-state index is 0.104. The summed E-state index contributed by atoms with van der Waals surface area (Å²) < 4.78 is 5.50. The van der Waals surface area contributed by atoms with Crippen LogP contribution in [0.4, 0.5) is 5.69 Å². The number of fused-ring (bicyclic) bond motifs is 2. The van der Waals surface area contributed by atoms with Gasteiger partial charge in [-0.15, -0.1) is 0 Å². The van der Waals surface area contributed by atoms with Gasteiger partial charge in [0.2, 0.25) is 11.8 Å². The molecule has 3 heterocycles. The average Bonchev–Trinajstić information content (AvgIpc) is 3.02. The summed E-state index contributed by atoms with van der Waals surface area (Å²) in [6.45, 7) is 1.06. The fourth-order valence-electron chi connectivity index (χ4n) is 3.03. The zero-order chi connectivity index (χ0) is 15.6. The maximum Gasteiger partial charge on any atom is 0.238 e. The Hall–Kier alpha value is -2.82. The fraction of sp³-hybridized carbons (Fsp3) is 0.222. The molecule has 116 valence electrons. The second-order valence-corrected chi connectivity index (χ2v) is 5.58. The monoisotopic (exact) mass is 307 g/mol. The van der Waals surface area contributed by atoms with Crippen LogP contribution in [-0.2, 0) is 11.2 Å². The quantitative estimate of drug-likeness (QED) is 0.809. The molecule has 1 amide bonds. The first-order valence-electron chi connectivity index (χ1n) is 7.76. The van der Waals surface area contributed by atoms with Crippen molar-refractivity contribution in [1.82, 2.24) is 9.97 Å². The number of para-hydroxylation sites is 1. The summed E-state index contributed by atoms with van der Waals surface area (Å²) in [5.74, 6) is 0.645. The summed E-state index contributed by atoms with van der Waals surface area (Å²) in [6.07, 6.45) is 4.86. The van der Waals surface area contributed by atoms with E-state index >= 15 is 0 Å². The van der Waals surface area contributed by atoms with E-state index < -0.39 is 0 Å². The third kappa shape index (κ3) is 2.54. The minimum atomic E-state index is 0.104. The Morgan fingerprint density at radius 2 is 2.17 bits per heavy atom. The molecule has 0 fully saturated rings. The first kappa shape index (κ1) is 13.8. The van der Waals surface area contributed by atoms with Gasteiger partial charge in [0.1, 0.15) is 12.3 Å². The van der Waals surface area contributed by atoms with E-state index in [-0.39, 0.29) is 5.91 Å². The number of hydrogen-bond donors (Lipinski definition) is 1. The Balaban J connectivity index is 1.51. The number of nitrogens with zero attached hydrogens (tertiary/aromatic N) is 2. The molecule has 2 aromatic heterocycles. The Labute approximate surface area is 133 Å². The molecule has 3 aromatic rings. The zero-order valence-corrected chi connectivity index (χ0v) is 12.7. The maximum absolute atomic E-state index is 12.6. The number of carbonyl (C=O) groups is 1. The van der Waals surface area contributed by atoms with Crippen molar-refractivity contribution >= 4 is 22.5 Å². The summed E-state index contributed by atoms with van der Waals surface area (Å²) >= 11 is 0. The predicted octanol–water partition coefficient (Wildman–Crippen LogP) is 2.92. The molecular weight excluding hydrogens is 290 g/mol. The van der Waals surface area contributed by atoms with Crippen LogP contribution < -0.4 is 9.64 Å². The molecule has 4 rings (SSSR count). The molecule has 0 radical (unpaired) electrons. The van der Waals surface area contributed by atoms with Crippen molar-refractivity contribution in [2.75, 3.05) is 18.1 Å². The van der Waals surface area contributed by atoms with Gasteiger partial charge in [0.25, 0.3) is 0 Å². The van der Waals surface area contributed by atoms with E-state index in [1.54, 1.807) is 11.1 Å². The number of aromatic amines is 1.